The molecule has 1 heterocycles. The van der Waals surface area contributed by atoms with Gasteiger partial charge in [-0.15, -0.1) is 0 Å². The van der Waals surface area contributed by atoms with E-state index in [-0.39, 0.29) is 24.5 Å². The molecule has 17 heavy (non-hydrogen) atoms. The lowest BCUT2D eigenvalue weighted by Crippen LogP contribution is -2.38. The fourth-order valence-corrected chi connectivity index (χ4v) is 1.63. The number of imidazole rings is 1. The van der Waals surface area contributed by atoms with Crippen molar-refractivity contribution in [1.82, 2.24) is 14.9 Å². The molecule has 1 aromatic heterocycles. The Balaban J connectivity index is 2.02. The average molecular weight is 237 g/mol. The molecule has 1 aromatic rings. The fraction of sp³-hybridized carbons (Fsp3) is 0.545. The van der Waals surface area contributed by atoms with E-state index in [0.29, 0.717) is 12.3 Å². The van der Waals surface area contributed by atoms with Crippen LogP contribution in [0.4, 0.5) is 0 Å². The summed E-state index contributed by atoms with van der Waals surface area (Å²) < 4.78 is 4.86. The van der Waals surface area contributed by atoms with Crippen LogP contribution in [0, 0.1) is 0 Å². The molecule has 1 fully saturated rings. The van der Waals surface area contributed by atoms with Gasteiger partial charge in [-0.05, 0) is 19.8 Å². The van der Waals surface area contributed by atoms with E-state index < -0.39 is 0 Å². The zero-order chi connectivity index (χ0) is 12.3. The van der Waals surface area contributed by atoms with Gasteiger partial charge in [0.15, 0.2) is 0 Å². The van der Waals surface area contributed by atoms with Crippen LogP contribution in [0.2, 0.25) is 0 Å². The number of aromatic nitrogens is 2. The molecular weight excluding hydrogens is 222 g/mol. The van der Waals surface area contributed by atoms with Gasteiger partial charge in [0.1, 0.15) is 12.2 Å². The Morgan fingerprint density at radius 1 is 1.59 bits per heavy atom. The van der Waals surface area contributed by atoms with Crippen molar-refractivity contribution < 1.29 is 14.3 Å². The number of amides is 1. The Morgan fingerprint density at radius 2 is 2.35 bits per heavy atom. The molecule has 0 aliphatic heterocycles. The van der Waals surface area contributed by atoms with Crippen molar-refractivity contribution in [3.05, 3.63) is 18.2 Å². The molecule has 6 heteroatoms. The summed E-state index contributed by atoms with van der Waals surface area (Å²) >= 11 is 0. The summed E-state index contributed by atoms with van der Waals surface area (Å²) in [5, 5.41) is 0. The molecular formula is C11H15N3O3. The molecule has 2 rings (SSSR count). The molecule has 1 aliphatic carbocycles. The van der Waals surface area contributed by atoms with Crippen LogP contribution in [-0.4, -0.2) is 45.9 Å². The first-order valence-corrected chi connectivity index (χ1v) is 5.67. The van der Waals surface area contributed by atoms with Crippen LogP contribution in [0.15, 0.2) is 12.5 Å². The Bertz CT molecular complexity index is 398. The van der Waals surface area contributed by atoms with Gasteiger partial charge in [-0.25, -0.2) is 4.98 Å². The summed E-state index contributed by atoms with van der Waals surface area (Å²) in [6.45, 7) is 2.09. The first-order valence-electron chi connectivity index (χ1n) is 5.67. The lowest BCUT2D eigenvalue weighted by Gasteiger charge is -2.20. The Kier molecular flexibility index (Phi) is 3.41. The Hall–Kier alpha value is -1.85. The van der Waals surface area contributed by atoms with Crippen molar-refractivity contribution in [2.45, 2.75) is 25.8 Å². The number of carbonyl (C=O) groups is 2. The van der Waals surface area contributed by atoms with Gasteiger partial charge in [-0.2, -0.15) is 0 Å². The molecule has 0 unspecified atom stereocenters. The molecule has 1 aliphatic rings. The van der Waals surface area contributed by atoms with Gasteiger partial charge in [-0.1, -0.05) is 0 Å². The molecule has 1 amide bonds. The number of H-pyrrole nitrogens is 1. The topological polar surface area (TPSA) is 75.3 Å². The predicted octanol–water partition coefficient (Wildman–Crippen LogP) is 0.577. The number of ether oxygens (including phenoxy) is 1. The van der Waals surface area contributed by atoms with Gasteiger partial charge in [0.05, 0.1) is 19.1 Å². The van der Waals surface area contributed by atoms with Crippen molar-refractivity contribution in [1.29, 1.82) is 0 Å². The SMILES string of the molecule is CCOC(=O)CN(C(=O)c1cnc[nH]1)C1CC1. The predicted molar refractivity (Wildman–Crippen MR) is 59.3 cm³/mol. The second-order valence-electron chi connectivity index (χ2n) is 3.93. The van der Waals surface area contributed by atoms with Crippen molar-refractivity contribution in [3.8, 4) is 0 Å². The van der Waals surface area contributed by atoms with E-state index in [4.69, 9.17) is 4.74 Å². The molecule has 1 N–H and O–H groups in total. The number of hydrogen-bond acceptors (Lipinski definition) is 4. The van der Waals surface area contributed by atoms with Crippen molar-refractivity contribution in [3.63, 3.8) is 0 Å². The molecule has 92 valence electrons. The summed E-state index contributed by atoms with van der Waals surface area (Å²) in [4.78, 5) is 31.6. The summed E-state index contributed by atoms with van der Waals surface area (Å²) in [5.74, 6) is -0.565. The maximum atomic E-state index is 12.1. The summed E-state index contributed by atoms with van der Waals surface area (Å²) in [6.07, 6.45) is 4.80. The molecule has 1 saturated carbocycles. The van der Waals surface area contributed by atoms with Crippen molar-refractivity contribution >= 4 is 11.9 Å². The van der Waals surface area contributed by atoms with Gasteiger partial charge < -0.3 is 14.6 Å². The normalized spacial score (nSPS) is 14.4. The standard InChI is InChI=1S/C11H15N3O3/c1-2-17-10(15)6-14(8-3-4-8)11(16)9-5-12-7-13-9/h5,7-8H,2-4,6H2,1H3,(H,12,13). The number of nitrogens with one attached hydrogen (secondary N) is 1. The van der Waals surface area contributed by atoms with Gasteiger partial charge in [-0.3, -0.25) is 9.59 Å². The van der Waals surface area contributed by atoms with Gasteiger partial charge in [0.25, 0.3) is 5.91 Å². The van der Waals surface area contributed by atoms with Crippen LogP contribution in [-0.2, 0) is 9.53 Å². The van der Waals surface area contributed by atoms with Crippen LogP contribution in [0.25, 0.3) is 0 Å². The smallest absolute Gasteiger partial charge is 0.325 e. The molecule has 0 atom stereocenters. The number of nitrogens with zero attached hydrogens (tertiary/aromatic N) is 2. The fourth-order valence-electron chi connectivity index (χ4n) is 1.63. The zero-order valence-electron chi connectivity index (χ0n) is 9.68. The molecule has 0 aromatic carbocycles. The Labute approximate surface area is 99.0 Å². The quantitative estimate of drug-likeness (QED) is 0.760. The van der Waals surface area contributed by atoms with E-state index in [1.165, 1.54) is 12.5 Å². The number of carbonyl (C=O) groups excluding carboxylic acids is 2. The first kappa shape index (κ1) is 11.6. The number of aromatic amines is 1. The average Bonchev–Trinajstić information content (AvgIpc) is 3.00. The molecule has 6 nitrogen and oxygen atoms in total. The van der Waals surface area contributed by atoms with Gasteiger partial charge in [0.2, 0.25) is 0 Å². The van der Waals surface area contributed by atoms with E-state index in [9.17, 15) is 9.59 Å². The summed E-state index contributed by atoms with van der Waals surface area (Å²) in [5.41, 5.74) is 0.404. The minimum Gasteiger partial charge on any atom is -0.465 e. The van der Waals surface area contributed by atoms with E-state index in [1.54, 1.807) is 11.8 Å². The van der Waals surface area contributed by atoms with Crippen LogP contribution < -0.4 is 0 Å². The first-order chi connectivity index (χ1) is 8.22. The highest BCUT2D eigenvalue weighted by molar-refractivity contribution is 5.94. The Morgan fingerprint density at radius 3 is 2.88 bits per heavy atom. The number of esters is 1. The third-order valence-corrected chi connectivity index (χ3v) is 2.58. The monoisotopic (exact) mass is 237 g/mol. The maximum absolute atomic E-state index is 12.1. The number of rotatable bonds is 5. The molecule has 0 bridgehead atoms. The van der Waals surface area contributed by atoms with Crippen LogP contribution in [0.5, 0.6) is 0 Å². The third kappa shape index (κ3) is 2.83. The van der Waals surface area contributed by atoms with Crippen molar-refractivity contribution in [2.75, 3.05) is 13.2 Å². The van der Waals surface area contributed by atoms with Crippen LogP contribution >= 0.6 is 0 Å². The second-order valence-corrected chi connectivity index (χ2v) is 3.93. The zero-order valence-corrected chi connectivity index (χ0v) is 9.68. The molecule has 0 radical (unpaired) electrons. The van der Waals surface area contributed by atoms with Gasteiger partial charge in [0, 0.05) is 6.04 Å². The lowest BCUT2D eigenvalue weighted by atomic mass is 10.3. The lowest BCUT2D eigenvalue weighted by molar-refractivity contribution is -0.144. The van der Waals surface area contributed by atoms with E-state index >= 15 is 0 Å². The van der Waals surface area contributed by atoms with Gasteiger partial charge >= 0.3 is 5.97 Å². The largest absolute Gasteiger partial charge is 0.465 e. The van der Waals surface area contributed by atoms with E-state index in [1.807, 2.05) is 0 Å². The second kappa shape index (κ2) is 4.99. The highest BCUT2D eigenvalue weighted by Crippen LogP contribution is 2.27. The highest BCUT2D eigenvalue weighted by atomic mass is 16.5. The minimum atomic E-state index is -0.368. The summed E-state index contributed by atoms with van der Waals surface area (Å²) in [6, 6.07) is 0.162. The maximum Gasteiger partial charge on any atom is 0.325 e. The minimum absolute atomic E-state index is 0.0103. The van der Waals surface area contributed by atoms with E-state index in [0.717, 1.165) is 12.8 Å². The van der Waals surface area contributed by atoms with Crippen LogP contribution in [0.3, 0.4) is 0 Å². The van der Waals surface area contributed by atoms with Crippen molar-refractivity contribution in [2.24, 2.45) is 0 Å². The third-order valence-electron chi connectivity index (χ3n) is 2.58. The highest BCUT2D eigenvalue weighted by Gasteiger charge is 2.35. The molecule has 0 spiro atoms. The van der Waals surface area contributed by atoms with E-state index in [2.05, 4.69) is 9.97 Å². The van der Waals surface area contributed by atoms with Crippen LogP contribution in [0.1, 0.15) is 30.3 Å². The molecule has 0 saturated heterocycles. The number of hydrogen-bond donors (Lipinski definition) is 1. The summed E-state index contributed by atoms with van der Waals surface area (Å²) in [7, 11) is 0.